The molecule has 5 nitrogen and oxygen atoms in total. The molecule has 0 saturated carbocycles. The van der Waals surface area contributed by atoms with Crippen LogP contribution in [0.15, 0.2) is 24.3 Å². The van der Waals surface area contributed by atoms with Gasteiger partial charge in [0.2, 0.25) is 11.8 Å². The summed E-state index contributed by atoms with van der Waals surface area (Å²) in [7, 11) is 0. The molecule has 0 bridgehead atoms. The Morgan fingerprint density at radius 3 is 2.33 bits per heavy atom. The molecule has 0 aliphatic carbocycles. The van der Waals surface area contributed by atoms with Crippen molar-refractivity contribution in [1.82, 2.24) is 10.6 Å². The van der Waals surface area contributed by atoms with E-state index < -0.39 is 11.9 Å². The van der Waals surface area contributed by atoms with Gasteiger partial charge in [0.05, 0.1) is 0 Å². The zero-order chi connectivity index (χ0) is 15.8. The lowest BCUT2D eigenvalue weighted by Gasteiger charge is -2.13. The predicted molar refractivity (Wildman–Crippen MR) is 76.3 cm³/mol. The Labute approximate surface area is 122 Å². The van der Waals surface area contributed by atoms with Gasteiger partial charge in [0.25, 0.3) is 0 Å². The molecule has 2 amide bonds. The first-order chi connectivity index (χ1) is 9.93. The largest absolute Gasteiger partial charge is 0.355 e. The zero-order valence-electron chi connectivity index (χ0n) is 12.1. The molecular formula is C15H19FN2O3. The molecule has 1 atom stereocenters. The van der Waals surface area contributed by atoms with Gasteiger partial charge in [-0.25, -0.2) is 4.39 Å². The molecule has 114 valence electrons. The van der Waals surface area contributed by atoms with Crippen molar-refractivity contribution in [1.29, 1.82) is 0 Å². The van der Waals surface area contributed by atoms with Gasteiger partial charge in [-0.15, -0.1) is 0 Å². The SMILES string of the molecule is CCNC(=O)[C@@H](C)NC(=O)CCC(=O)c1ccc(F)cc1. The van der Waals surface area contributed by atoms with Crippen LogP contribution in [0.1, 0.15) is 37.0 Å². The van der Waals surface area contributed by atoms with Gasteiger partial charge in [-0.2, -0.15) is 0 Å². The summed E-state index contributed by atoms with van der Waals surface area (Å²) in [6, 6.07) is 4.52. The number of carbonyl (C=O) groups excluding carboxylic acids is 3. The maximum absolute atomic E-state index is 12.7. The molecule has 0 heterocycles. The lowest BCUT2D eigenvalue weighted by Crippen LogP contribution is -2.44. The summed E-state index contributed by atoms with van der Waals surface area (Å²) in [5.74, 6) is -1.30. The highest BCUT2D eigenvalue weighted by Gasteiger charge is 2.15. The van der Waals surface area contributed by atoms with Crippen LogP contribution in [0.25, 0.3) is 0 Å². The standard InChI is InChI=1S/C15H19FN2O3/c1-3-17-15(21)10(2)18-14(20)9-8-13(19)11-4-6-12(16)7-5-11/h4-7,10H,3,8-9H2,1-2H3,(H,17,21)(H,18,20)/t10-/m1/s1. The van der Waals surface area contributed by atoms with Crippen molar-refractivity contribution >= 4 is 17.6 Å². The van der Waals surface area contributed by atoms with Crippen molar-refractivity contribution in [3.8, 4) is 0 Å². The van der Waals surface area contributed by atoms with Crippen molar-refractivity contribution in [3.63, 3.8) is 0 Å². The van der Waals surface area contributed by atoms with E-state index in [0.717, 1.165) is 0 Å². The van der Waals surface area contributed by atoms with Gasteiger partial charge in [0.1, 0.15) is 11.9 Å². The first kappa shape index (κ1) is 16.8. The number of likely N-dealkylation sites (N-methyl/N-ethyl adjacent to an activating group) is 1. The van der Waals surface area contributed by atoms with E-state index in [-0.39, 0.29) is 30.4 Å². The van der Waals surface area contributed by atoms with Gasteiger partial charge in [0, 0.05) is 24.9 Å². The smallest absolute Gasteiger partial charge is 0.242 e. The second kappa shape index (κ2) is 8.14. The minimum absolute atomic E-state index is 0.0135. The lowest BCUT2D eigenvalue weighted by atomic mass is 10.1. The van der Waals surface area contributed by atoms with Gasteiger partial charge in [0.15, 0.2) is 5.78 Å². The van der Waals surface area contributed by atoms with Crippen LogP contribution in [-0.4, -0.2) is 30.2 Å². The summed E-state index contributed by atoms with van der Waals surface area (Å²) in [6.07, 6.45) is -0.000459. The topological polar surface area (TPSA) is 75.3 Å². The van der Waals surface area contributed by atoms with Gasteiger partial charge in [-0.05, 0) is 38.1 Å². The number of hydrogen-bond acceptors (Lipinski definition) is 3. The molecule has 21 heavy (non-hydrogen) atoms. The van der Waals surface area contributed by atoms with E-state index in [0.29, 0.717) is 12.1 Å². The highest BCUT2D eigenvalue weighted by molar-refractivity contribution is 5.98. The van der Waals surface area contributed by atoms with Crippen LogP contribution in [-0.2, 0) is 9.59 Å². The third-order valence-electron chi connectivity index (χ3n) is 2.87. The Balaban J connectivity index is 2.40. The molecule has 0 aromatic heterocycles. The van der Waals surface area contributed by atoms with Crippen LogP contribution in [0.2, 0.25) is 0 Å². The van der Waals surface area contributed by atoms with Crippen LogP contribution in [0, 0.1) is 5.82 Å². The number of nitrogens with one attached hydrogen (secondary N) is 2. The Morgan fingerprint density at radius 2 is 1.76 bits per heavy atom. The molecule has 0 aliphatic rings. The molecule has 0 unspecified atom stereocenters. The molecule has 0 radical (unpaired) electrons. The summed E-state index contributed by atoms with van der Waals surface area (Å²) in [6.45, 7) is 3.85. The Hall–Kier alpha value is -2.24. The lowest BCUT2D eigenvalue weighted by molar-refractivity contribution is -0.128. The maximum Gasteiger partial charge on any atom is 0.242 e. The highest BCUT2D eigenvalue weighted by Crippen LogP contribution is 2.07. The number of ketones is 1. The molecule has 0 aliphatic heterocycles. The Kier molecular flexibility index (Phi) is 6.52. The minimum atomic E-state index is -0.640. The Bertz CT molecular complexity index is 514. The molecule has 2 N–H and O–H groups in total. The number of hydrogen-bond donors (Lipinski definition) is 2. The number of carbonyl (C=O) groups is 3. The van der Waals surface area contributed by atoms with Crippen molar-refractivity contribution < 1.29 is 18.8 Å². The summed E-state index contributed by atoms with van der Waals surface area (Å²) in [5, 5.41) is 5.11. The molecule has 0 fully saturated rings. The van der Waals surface area contributed by atoms with E-state index in [1.807, 2.05) is 0 Å². The van der Waals surface area contributed by atoms with E-state index in [2.05, 4.69) is 10.6 Å². The van der Waals surface area contributed by atoms with Crippen molar-refractivity contribution in [2.45, 2.75) is 32.7 Å². The summed E-state index contributed by atoms with van der Waals surface area (Å²) in [4.78, 5) is 34.9. The average Bonchev–Trinajstić information content (AvgIpc) is 2.45. The highest BCUT2D eigenvalue weighted by atomic mass is 19.1. The van der Waals surface area contributed by atoms with E-state index >= 15 is 0 Å². The molecule has 0 saturated heterocycles. The second-order valence-corrected chi connectivity index (χ2v) is 4.61. The fourth-order valence-electron chi connectivity index (χ4n) is 1.71. The summed E-state index contributed by atoms with van der Waals surface area (Å²) in [5.41, 5.74) is 0.362. The quantitative estimate of drug-likeness (QED) is 0.747. The number of rotatable bonds is 7. The molecule has 1 aromatic carbocycles. The van der Waals surface area contributed by atoms with Gasteiger partial charge in [-0.3, -0.25) is 14.4 Å². The van der Waals surface area contributed by atoms with E-state index in [1.165, 1.54) is 24.3 Å². The molecule has 6 heteroatoms. The fraction of sp³-hybridized carbons (Fsp3) is 0.400. The van der Waals surface area contributed by atoms with Gasteiger partial charge >= 0.3 is 0 Å². The molecular weight excluding hydrogens is 275 g/mol. The summed E-state index contributed by atoms with van der Waals surface area (Å²) >= 11 is 0. The summed E-state index contributed by atoms with van der Waals surface area (Å²) < 4.78 is 12.7. The first-order valence-electron chi connectivity index (χ1n) is 6.80. The van der Waals surface area contributed by atoms with Crippen LogP contribution in [0.4, 0.5) is 4.39 Å². The molecule has 0 spiro atoms. The zero-order valence-corrected chi connectivity index (χ0v) is 12.1. The van der Waals surface area contributed by atoms with Crippen molar-refractivity contribution in [2.75, 3.05) is 6.54 Å². The third-order valence-corrected chi connectivity index (χ3v) is 2.87. The van der Waals surface area contributed by atoms with Crippen LogP contribution in [0.5, 0.6) is 0 Å². The third kappa shape index (κ3) is 5.72. The van der Waals surface area contributed by atoms with Gasteiger partial charge < -0.3 is 10.6 Å². The van der Waals surface area contributed by atoms with Crippen molar-refractivity contribution in [3.05, 3.63) is 35.6 Å². The number of Topliss-reactive ketones (excluding diaryl/α,β-unsaturated/α-hetero) is 1. The van der Waals surface area contributed by atoms with E-state index in [9.17, 15) is 18.8 Å². The normalized spacial score (nSPS) is 11.6. The van der Waals surface area contributed by atoms with Crippen LogP contribution >= 0.6 is 0 Å². The monoisotopic (exact) mass is 294 g/mol. The second-order valence-electron chi connectivity index (χ2n) is 4.61. The number of amides is 2. The maximum atomic E-state index is 12.7. The first-order valence-corrected chi connectivity index (χ1v) is 6.80. The predicted octanol–water partition coefficient (Wildman–Crippen LogP) is 1.43. The Morgan fingerprint density at radius 1 is 1.14 bits per heavy atom. The van der Waals surface area contributed by atoms with E-state index in [1.54, 1.807) is 13.8 Å². The van der Waals surface area contributed by atoms with Crippen molar-refractivity contribution in [2.24, 2.45) is 0 Å². The minimum Gasteiger partial charge on any atom is -0.355 e. The van der Waals surface area contributed by atoms with Crippen LogP contribution < -0.4 is 10.6 Å². The fourth-order valence-corrected chi connectivity index (χ4v) is 1.71. The molecule has 1 rings (SSSR count). The molecule has 1 aromatic rings. The van der Waals surface area contributed by atoms with E-state index in [4.69, 9.17) is 0 Å². The number of benzene rings is 1. The number of halogens is 1. The van der Waals surface area contributed by atoms with Crippen LogP contribution in [0.3, 0.4) is 0 Å². The van der Waals surface area contributed by atoms with Gasteiger partial charge in [-0.1, -0.05) is 0 Å². The average molecular weight is 294 g/mol.